The third-order valence-electron chi connectivity index (χ3n) is 4.98. The van der Waals surface area contributed by atoms with Crippen LogP contribution in [-0.4, -0.2) is 30.6 Å². The van der Waals surface area contributed by atoms with Gasteiger partial charge >= 0.3 is 5.97 Å². The third-order valence-corrected chi connectivity index (χ3v) is 4.98. The first-order valence-electron chi connectivity index (χ1n) is 10.3. The molecule has 0 saturated carbocycles. The Bertz CT molecular complexity index is 1290. The maximum absolute atomic E-state index is 13.3. The first-order chi connectivity index (χ1) is 16.0. The molecule has 0 aliphatic carbocycles. The highest BCUT2D eigenvalue weighted by molar-refractivity contribution is 5.97. The Labute approximate surface area is 190 Å². The number of hydrogen-bond acceptors (Lipinski definition) is 5. The molecule has 0 spiro atoms. The fourth-order valence-corrected chi connectivity index (χ4v) is 3.34. The van der Waals surface area contributed by atoms with Crippen molar-refractivity contribution in [3.05, 3.63) is 90.2 Å². The molecule has 0 aliphatic heterocycles. The Kier molecular flexibility index (Phi) is 6.59. The quantitative estimate of drug-likeness (QED) is 0.416. The summed E-state index contributed by atoms with van der Waals surface area (Å²) in [4.78, 5) is 28.8. The molecular formula is C26H21FN2O4. The molecule has 7 heteroatoms. The molecule has 0 unspecified atom stereocenters. The van der Waals surface area contributed by atoms with Crippen LogP contribution in [0.1, 0.15) is 5.56 Å². The third kappa shape index (κ3) is 5.51. The summed E-state index contributed by atoms with van der Waals surface area (Å²) in [5.41, 5.74) is 3.33. The van der Waals surface area contributed by atoms with Gasteiger partial charge < -0.3 is 14.8 Å². The predicted octanol–water partition coefficient (Wildman–Crippen LogP) is 4.77. The molecule has 0 fully saturated rings. The number of methoxy groups -OCH3 is 1. The van der Waals surface area contributed by atoms with Crippen LogP contribution < -0.4 is 10.1 Å². The van der Waals surface area contributed by atoms with Gasteiger partial charge in [0.05, 0.1) is 24.7 Å². The number of fused-ring (bicyclic) bond motifs is 1. The Hall–Kier alpha value is -4.26. The summed E-state index contributed by atoms with van der Waals surface area (Å²) in [7, 11) is 1.28. The highest BCUT2D eigenvalue weighted by Gasteiger charge is 2.13. The molecule has 4 rings (SSSR count). The van der Waals surface area contributed by atoms with Gasteiger partial charge in [-0.1, -0.05) is 30.3 Å². The second-order valence-corrected chi connectivity index (χ2v) is 7.32. The topological polar surface area (TPSA) is 77.5 Å². The standard InChI is InChI=1S/C26H21FN2O4/c1-32-26(31)16-33-24-15-23(18-7-9-19(27)10-8-18)29-22-12-11-20(14-21(22)24)28-25(30)13-17-5-3-2-4-6-17/h2-12,14-15H,13,16H2,1H3,(H,28,30). The van der Waals surface area contributed by atoms with Gasteiger partial charge in [-0.05, 0) is 48.0 Å². The molecule has 4 aromatic rings. The van der Waals surface area contributed by atoms with E-state index < -0.39 is 5.97 Å². The van der Waals surface area contributed by atoms with Crippen molar-refractivity contribution in [2.24, 2.45) is 0 Å². The maximum atomic E-state index is 13.3. The number of nitrogens with one attached hydrogen (secondary N) is 1. The zero-order chi connectivity index (χ0) is 23.2. The molecule has 0 atom stereocenters. The van der Waals surface area contributed by atoms with Gasteiger partial charge in [-0.3, -0.25) is 4.79 Å². The number of hydrogen-bond donors (Lipinski definition) is 1. The van der Waals surface area contributed by atoms with Crippen LogP contribution >= 0.6 is 0 Å². The van der Waals surface area contributed by atoms with E-state index in [4.69, 9.17) is 4.74 Å². The van der Waals surface area contributed by atoms with Gasteiger partial charge in [-0.2, -0.15) is 0 Å². The van der Waals surface area contributed by atoms with Gasteiger partial charge in [0.25, 0.3) is 0 Å². The molecule has 0 bridgehead atoms. The van der Waals surface area contributed by atoms with Crippen molar-refractivity contribution in [2.45, 2.75) is 6.42 Å². The molecule has 1 amide bonds. The molecule has 1 N–H and O–H groups in total. The van der Waals surface area contributed by atoms with Crippen molar-refractivity contribution in [3.8, 4) is 17.0 Å². The summed E-state index contributed by atoms with van der Waals surface area (Å²) >= 11 is 0. The Balaban J connectivity index is 1.66. The lowest BCUT2D eigenvalue weighted by atomic mass is 10.1. The van der Waals surface area contributed by atoms with E-state index in [0.717, 1.165) is 5.56 Å². The summed E-state index contributed by atoms with van der Waals surface area (Å²) in [5.74, 6) is -0.648. The van der Waals surface area contributed by atoms with E-state index in [1.165, 1.54) is 19.2 Å². The van der Waals surface area contributed by atoms with Gasteiger partial charge in [0.1, 0.15) is 11.6 Å². The summed E-state index contributed by atoms with van der Waals surface area (Å²) in [6.07, 6.45) is 0.242. The Morgan fingerprint density at radius 2 is 1.73 bits per heavy atom. The van der Waals surface area contributed by atoms with Gasteiger partial charge in [-0.15, -0.1) is 0 Å². The molecular weight excluding hydrogens is 423 g/mol. The monoisotopic (exact) mass is 444 g/mol. The highest BCUT2D eigenvalue weighted by atomic mass is 19.1. The van der Waals surface area contributed by atoms with E-state index in [1.807, 2.05) is 30.3 Å². The van der Waals surface area contributed by atoms with Crippen LogP contribution in [0.2, 0.25) is 0 Å². The van der Waals surface area contributed by atoms with Crippen LogP contribution in [0, 0.1) is 5.82 Å². The van der Waals surface area contributed by atoms with Gasteiger partial charge in [-0.25, -0.2) is 14.2 Å². The fraction of sp³-hybridized carbons (Fsp3) is 0.115. The number of ether oxygens (including phenoxy) is 2. The minimum Gasteiger partial charge on any atom is -0.481 e. The SMILES string of the molecule is COC(=O)COc1cc(-c2ccc(F)cc2)nc2ccc(NC(=O)Cc3ccccc3)cc12. The Morgan fingerprint density at radius 3 is 2.45 bits per heavy atom. The smallest absolute Gasteiger partial charge is 0.343 e. The molecule has 166 valence electrons. The number of anilines is 1. The number of benzene rings is 3. The van der Waals surface area contributed by atoms with E-state index in [0.29, 0.717) is 33.6 Å². The van der Waals surface area contributed by atoms with Crippen LogP contribution in [0.5, 0.6) is 5.75 Å². The lowest BCUT2D eigenvalue weighted by Crippen LogP contribution is -2.14. The van der Waals surface area contributed by atoms with Crippen molar-refractivity contribution in [1.29, 1.82) is 0 Å². The average molecular weight is 444 g/mol. The van der Waals surface area contributed by atoms with Crippen LogP contribution in [0.15, 0.2) is 78.9 Å². The zero-order valence-electron chi connectivity index (χ0n) is 17.9. The zero-order valence-corrected chi connectivity index (χ0v) is 17.9. The van der Waals surface area contributed by atoms with Crippen LogP contribution in [0.4, 0.5) is 10.1 Å². The average Bonchev–Trinajstić information content (AvgIpc) is 2.83. The number of aromatic nitrogens is 1. The Morgan fingerprint density at radius 1 is 0.970 bits per heavy atom. The lowest BCUT2D eigenvalue weighted by molar-refractivity contribution is -0.142. The van der Waals surface area contributed by atoms with Crippen LogP contribution in [0.25, 0.3) is 22.2 Å². The molecule has 0 saturated heterocycles. The van der Waals surface area contributed by atoms with Crippen molar-refractivity contribution >= 4 is 28.5 Å². The number of pyridine rings is 1. The second-order valence-electron chi connectivity index (χ2n) is 7.32. The van der Waals surface area contributed by atoms with E-state index in [1.54, 1.807) is 36.4 Å². The summed E-state index contributed by atoms with van der Waals surface area (Å²) in [5, 5.41) is 3.50. The minimum absolute atomic E-state index is 0.159. The van der Waals surface area contributed by atoms with E-state index in [9.17, 15) is 14.0 Å². The fourth-order valence-electron chi connectivity index (χ4n) is 3.34. The van der Waals surface area contributed by atoms with Crippen molar-refractivity contribution in [1.82, 2.24) is 4.98 Å². The maximum Gasteiger partial charge on any atom is 0.343 e. The number of esters is 1. The second kappa shape index (κ2) is 9.91. The van der Waals surface area contributed by atoms with Crippen molar-refractivity contribution in [2.75, 3.05) is 19.0 Å². The number of carbonyl (C=O) groups is 2. The molecule has 1 aromatic heterocycles. The first kappa shape index (κ1) is 22.0. The highest BCUT2D eigenvalue weighted by Crippen LogP contribution is 2.32. The summed E-state index contributed by atoms with van der Waals surface area (Å²) in [6.45, 7) is -0.289. The summed E-state index contributed by atoms with van der Waals surface area (Å²) < 4.78 is 23.7. The van der Waals surface area contributed by atoms with Gasteiger partial charge in [0.2, 0.25) is 5.91 Å². The lowest BCUT2D eigenvalue weighted by Gasteiger charge is -2.13. The van der Waals surface area contributed by atoms with Crippen LogP contribution in [-0.2, 0) is 20.7 Å². The normalized spacial score (nSPS) is 10.6. The van der Waals surface area contributed by atoms with Crippen LogP contribution in [0.3, 0.4) is 0 Å². The largest absolute Gasteiger partial charge is 0.481 e. The molecule has 3 aromatic carbocycles. The molecule has 6 nitrogen and oxygen atoms in total. The van der Waals surface area contributed by atoms with Gasteiger partial charge in [0, 0.05) is 22.7 Å². The van der Waals surface area contributed by atoms with E-state index >= 15 is 0 Å². The molecule has 1 heterocycles. The molecule has 33 heavy (non-hydrogen) atoms. The number of rotatable bonds is 7. The van der Waals surface area contributed by atoms with Gasteiger partial charge in [0.15, 0.2) is 6.61 Å². The van der Waals surface area contributed by atoms with Crippen molar-refractivity contribution in [3.63, 3.8) is 0 Å². The number of halogens is 1. The summed E-state index contributed by atoms with van der Waals surface area (Å²) in [6, 6.07) is 22.3. The predicted molar refractivity (Wildman–Crippen MR) is 123 cm³/mol. The number of carbonyl (C=O) groups excluding carboxylic acids is 2. The number of nitrogens with zero attached hydrogens (tertiary/aromatic N) is 1. The minimum atomic E-state index is -0.532. The van der Waals surface area contributed by atoms with E-state index in [-0.39, 0.29) is 24.8 Å². The first-order valence-corrected chi connectivity index (χ1v) is 10.3. The van der Waals surface area contributed by atoms with Crippen molar-refractivity contribution < 1.29 is 23.5 Å². The molecule has 0 aliphatic rings. The number of amides is 1. The van der Waals surface area contributed by atoms with E-state index in [2.05, 4.69) is 15.0 Å². The molecule has 0 radical (unpaired) electrons.